The topological polar surface area (TPSA) is 64.1 Å². The number of methoxy groups -OCH3 is 1. The summed E-state index contributed by atoms with van der Waals surface area (Å²) in [7, 11) is 1.44. The minimum absolute atomic E-state index is 0.0374. The van der Waals surface area contributed by atoms with Crippen LogP contribution in [0.2, 0.25) is 10.2 Å². The van der Waals surface area contributed by atoms with Crippen molar-refractivity contribution in [2.45, 2.75) is 0 Å². The summed E-state index contributed by atoms with van der Waals surface area (Å²) in [6, 6.07) is 6.38. The van der Waals surface area contributed by atoms with Gasteiger partial charge >= 0.3 is 0 Å². The molecule has 0 saturated carbocycles. The highest BCUT2D eigenvalue weighted by molar-refractivity contribution is 9.10. The van der Waals surface area contributed by atoms with Crippen LogP contribution in [0.1, 0.15) is 10.4 Å². The molecule has 1 heterocycles. The van der Waals surface area contributed by atoms with Gasteiger partial charge in [-0.25, -0.2) is 4.98 Å². The SMILES string of the molecule is COc1cc(Cl)nc(NC(=O)c2cc(Br)ccc2Cl)n1. The minimum atomic E-state index is -0.444. The van der Waals surface area contributed by atoms with Crippen molar-refractivity contribution in [2.24, 2.45) is 0 Å². The minimum Gasteiger partial charge on any atom is -0.481 e. The lowest BCUT2D eigenvalue weighted by molar-refractivity contribution is 0.102. The van der Waals surface area contributed by atoms with Crippen LogP contribution in [-0.2, 0) is 0 Å². The molecule has 0 saturated heterocycles. The van der Waals surface area contributed by atoms with E-state index in [1.807, 2.05) is 0 Å². The van der Waals surface area contributed by atoms with Gasteiger partial charge in [0.15, 0.2) is 0 Å². The second kappa shape index (κ2) is 6.39. The van der Waals surface area contributed by atoms with E-state index in [1.165, 1.54) is 13.2 Å². The van der Waals surface area contributed by atoms with E-state index in [-0.39, 0.29) is 17.0 Å². The highest BCUT2D eigenvalue weighted by Gasteiger charge is 2.13. The lowest BCUT2D eigenvalue weighted by Crippen LogP contribution is -2.15. The first-order valence-corrected chi connectivity index (χ1v) is 6.89. The van der Waals surface area contributed by atoms with Crippen molar-refractivity contribution in [2.75, 3.05) is 12.4 Å². The molecule has 2 rings (SSSR count). The monoisotopic (exact) mass is 375 g/mol. The van der Waals surface area contributed by atoms with E-state index in [1.54, 1.807) is 18.2 Å². The van der Waals surface area contributed by atoms with E-state index in [4.69, 9.17) is 27.9 Å². The number of rotatable bonds is 3. The van der Waals surface area contributed by atoms with Crippen LogP contribution in [0.15, 0.2) is 28.7 Å². The highest BCUT2D eigenvalue weighted by Crippen LogP contribution is 2.22. The lowest BCUT2D eigenvalue weighted by atomic mass is 10.2. The van der Waals surface area contributed by atoms with Crippen LogP contribution in [0.3, 0.4) is 0 Å². The number of hydrogen-bond acceptors (Lipinski definition) is 4. The van der Waals surface area contributed by atoms with Crippen LogP contribution in [0.25, 0.3) is 0 Å². The number of benzene rings is 1. The first kappa shape index (κ1) is 15.0. The van der Waals surface area contributed by atoms with E-state index < -0.39 is 5.91 Å². The molecule has 0 unspecified atom stereocenters. The fourth-order valence-corrected chi connectivity index (χ4v) is 2.14. The van der Waals surface area contributed by atoms with Crippen molar-refractivity contribution in [3.8, 4) is 5.88 Å². The van der Waals surface area contributed by atoms with Crippen molar-refractivity contribution < 1.29 is 9.53 Å². The third kappa shape index (κ3) is 3.59. The lowest BCUT2D eigenvalue weighted by Gasteiger charge is -2.07. The normalized spacial score (nSPS) is 10.2. The zero-order chi connectivity index (χ0) is 14.7. The molecule has 1 aromatic heterocycles. The molecular formula is C12H8BrCl2N3O2. The standard InChI is InChI=1S/C12H8BrCl2N3O2/c1-20-10-5-9(15)16-12(17-10)18-11(19)7-4-6(13)2-3-8(7)14/h2-5H,1H3,(H,16,17,18,19). The molecule has 1 amide bonds. The molecule has 1 aromatic carbocycles. The Morgan fingerprint density at radius 3 is 2.75 bits per heavy atom. The fraction of sp³-hybridized carbons (Fsp3) is 0.0833. The molecule has 20 heavy (non-hydrogen) atoms. The third-order valence-corrected chi connectivity index (χ3v) is 3.30. The Labute approximate surface area is 133 Å². The Kier molecular flexibility index (Phi) is 4.80. The van der Waals surface area contributed by atoms with Gasteiger partial charge in [0.05, 0.1) is 17.7 Å². The van der Waals surface area contributed by atoms with Crippen LogP contribution in [-0.4, -0.2) is 23.0 Å². The summed E-state index contributed by atoms with van der Waals surface area (Å²) >= 11 is 15.0. The van der Waals surface area contributed by atoms with Crippen LogP contribution in [0.4, 0.5) is 5.95 Å². The smallest absolute Gasteiger partial charge is 0.259 e. The Balaban J connectivity index is 2.27. The number of amides is 1. The van der Waals surface area contributed by atoms with Gasteiger partial charge in [0.1, 0.15) is 5.15 Å². The van der Waals surface area contributed by atoms with E-state index >= 15 is 0 Å². The van der Waals surface area contributed by atoms with E-state index in [9.17, 15) is 4.79 Å². The summed E-state index contributed by atoms with van der Waals surface area (Å²) < 4.78 is 5.68. The van der Waals surface area contributed by atoms with E-state index in [0.717, 1.165) is 4.47 Å². The highest BCUT2D eigenvalue weighted by atomic mass is 79.9. The molecule has 0 aliphatic carbocycles. The number of carbonyl (C=O) groups is 1. The van der Waals surface area contributed by atoms with Crippen LogP contribution < -0.4 is 10.1 Å². The number of hydrogen-bond donors (Lipinski definition) is 1. The van der Waals surface area contributed by atoms with Crippen LogP contribution in [0.5, 0.6) is 5.88 Å². The number of ether oxygens (including phenoxy) is 1. The largest absolute Gasteiger partial charge is 0.481 e. The average Bonchev–Trinajstić information content (AvgIpc) is 2.40. The summed E-state index contributed by atoms with van der Waals surface area (Å²) in [6.07, 6.45) is 0. The van der Waals surface area contributed by atoms with Gasteiger partial charge in [0, 0.05) is 10.5 Å². The van der Waals surface area contributed by atoms with Crippen molar-refractivity contribution in [1.82, 2.24) is 9.97 Å². The molecule has 0 aliphatic rings. The number of aromatic nitrogens is 2. The van der Waals surface area contributed by atoms with Gasteiger partial charge in [-0.15, -0.1) is 0 Å². The molecule has 104 valence electrons. The number of carbonyl (C=O) groups excluding carboxylic acids is 1. The molecule has 8 heteroatoms. The molecule has 2 aromatic rings. The molecule has 0 radical (unpaired) electrons. The van der Waals surface area contributed by atoms with Gasteiger partial charge in [0.2, 0.25) is 11.8 Å². The van der Waals surface area contributed by atoms with Gasteiger partial charge in [-0.2, -0.15) is 4.98 Å². The molecule has 0 fully saturated rings. The Bertz CT molecular complexity index is 667. The van der Waals surface area contributed by atoms with Crippen molar-refractivity contribution >= 4 is 51.0 Å². The van der Waals surface area contributed by atoms with Gasteiger partial charge in [-0.05, 0) is 18.2 Å². The summed E-state index contributed by atoms with van der Waals surface area (Å²) in [4.78, 5) is 20.0. The number of halogens is 3. The van der Waals surface area contributed by atoms with Gasteiger partial charge in [-0.3, -0.25) is 10.1 Å². The fourth-order valence-electron chi connectivity index (χ4n) is 1.40. The number of nitrogens with zero attached hydrogens (tertiary/aromatic N) is 2. The van der Waals surface area contributed by atoms with E-state index in [2.05, 4.69) is 31.2 Å². The average molecular weight is 377 g/mol. The summed E-state index contributed by atoms with van der Waals surface area (Å²) in [5, 5.41) is 2.99. The molecule has 0 bridgehead atoms. The molecular weight excluding hydrogens is 369 g/mol. The first-order chi connectivity index (χ1) is 9.49. The second-order valence-corrected chi connectivity index (χ2v) is 5.35. The number of nitrogens with one attached hydrogen (secondary N) is 1. The second-order valence-electron chi connectivity index (χ2n) is 3.63. The Hall–Kier alpha value is -1.37. The maximum atomic E-state index is 12.1. The quantitative estimate of drug-likeness (QED) is 0.827. The summed E-state index contributed by atoms with van der Waals surface area (Å²) in [5.41, 5.74) is 0.295. The number of anilines is 1. The molecule has 5 nitrogen and oxygen atoms in total. The first-order valence-electron chi connectivity index (χ1n) is 5.34. The maximum absolute atomic E-state index is 12.1. The Morgan fingerprint density at radius 1 is 1.30 bits per heavy atom. The third-order valence-electron chi connectivity index (χ3n) is 2.28. The van der Waals surface area contributed by atoms with Gasteiger partial charge in [-0.1, -0.05) is 39.1 Å². The van der Waals surface area contributed by atoms with Crippen molar-refractivity contribution in [1.29, 1.82) is 0 Å². The summed E-state index contributed by atoms with van der Waals surface area (Å²) in [5.74, 6) is -0.156. The van der Waals surface area contributed by atoms with Crippen molar-refractivity contribution in [3.05, 3.63) is 44.5 Å². The predicted molar refractivity (Wildman–Crippen MR) is 80.7 cm³/mol. The zero-order valence-corrected chi connectivity index (χ0v) is 13.3. The molecule has 0 spiro atoms. The van der Waals surface area contributed by atoms with Crippen LogP contribution in [0, 0.1) is 0 Å². The molecule has 1 N–H and O–H groups in total. The van der Waals surface area contributed by atoms with Crippen molar-refractivity contribution in [3.63, 3.8) is 0 Å². The predicted octanol–water partition coefficient (Wildman–Crippen LogP) is 3.81. The Morgan fingerprint density at radius 2 is 2.05 bits per heavy atom. The van der Waals surface area contributed by atoms with Gasteiger partial charge < -0.3 is 4.74 Å². The van der Waals surface area contributed by atoms with Crippen LogP contribution >= 0.6 is 39.1 Å². The molecule has 0 aliphatic heterocycles. The van der Waals surface area contributed by atoms with E-state index in [0.29, 0.717) is 10.6 Å². The van der Waals surface area contributed by atoms with Gasteiger partial charge in [0.25, 0.3) is 5.91 Å². The summed E-state index contributed by atoms with van der Waals surface area (Å²) in [6.45, 7) is 0. The zero-order valence-electron chi connectivity index (χ0n) is 10.2. The molecule has 0 atom stereocenters. The maximum Gasteiger partial charge on any atom is 0.259 e.